The van der Waals surface area contributed by atoms with Gasteiger partial charge in [-0.1, -0.05) is 71.9 Å². The number of halogens is 2. The lowest BCUT2D eigenvalue weighted by Crippen LogP contribution is -2.29. The number of rotatable bonds is 10. The van der Waals surface area contributed by atoms with Crippen LogP contribution in [-0.2, 0) is 23.6 Å². The lowest BCUT2D eigenvalue weighted by molar-refractivity contribution is -0.122. The van der Waals surface area contributed by atoms with Crippen LogP contribution in [0.5, 0.6) is 6.01 Å². The van der Waals surface area contributed by atoms with Crippen molar-refractivity contribution in [3.63, 3.8) is 0 Å². The van der Waals surface area contributed by atoms with Crippen LogP contribution in [0, 0.1) is 5.82 Å². The first kappa shape index (κ1) is 29.0. The number of carbonyl (C=O) groups excluding carboxylic acids is 1. The van der Waals surface area contributed by atoms with E-state index in [1.165, 1.54) is 43.4 Å². The molecular formula is C31H25ClFN5O3S. The van der Waals surface area contributed by atoms with Gasteiger partial charge in [0.25, 0.3) is 5.56 Å². The highest BCUT2D eigenvalue weighted by Gasteiger charge is 2.15. The summed E-state index contributed by atoms with van der Waals surface area (Å²) in [6.07, 6.45) is 4.51. The number of amides is 1. The molecule has 0 unspecified atom stereocenters. The van der Waals surface area contributed by atoms with Gasteiger partial charge in [0.2, 0.25) is 5.91 Å². The molecule has 0 radical (unpaired) electrons. The Bertz CT molecular complexity index is 1730. The second-order valence-electron chi connectivity index (χ2n) is 9.22. The quantitative estimate of drug-likeness (QED) is 0.160. The number of thioether (sulfide) groups is 1. The maximum Gasteiger partial charge on any atom is 0.316 e. The van der Waals surface area contributed by atoms with E-state index in [4.69, 9.17) is 16.3 Å². The molecule has 0 saturated heterocycles. The van der Waals surface area contributed by atoms with Crippen LogP contribution in [0.25, 0.3) is 22.3 Å². The molecule has 0 aliphatic heterocycles. The summed E-state index contributed by atoms with van der Waals surface area (Å²) in [5, 5.41) is 3.97. The molecule has 0 fully saturated rings. The molecule has 0 spiro atoms. The molecule has 8 nitrogen and oxygen atoms in total. The second kappa shape index (κ2) is 13.4. The van der Waals surface area contributed by atoms with Crippen molar-refractivity contribution in [3.8, 4) is 28.3 Å². The first-order valence-corrected chi connectivity index (χ1v) is 14.2. The van der Waals surface area contributed by atoms with Crippen molar-refractivity contribution in [3.05, 3.63) is 124 Å². The summed E-state index contributed by atoms with van der Waals surface area (Å²) in [4.78, 5) is 38.4. The lowest BCUT2D eigenvalue weighted by atomic mass is 10.0. The van der Waals surface area contributed by atoms with Crippen molar-refractivity contribution in [1.29, 1.82) is 0 Å². The Morgan fingerprint density at radius 1 is 0.929 bits per heavy atom. The number of methoxy groups -OCH3 is 1. The van der Waals surface area contributed by atoms with Crippen LogP contribution in [-0.4, -0.2) is 32.5 Å². The van der Waals surface area contributed by atoms with E-state index in [1.54, 1.807) is 22.9 Å². The van der Waals surface area contributed by atoms with E-state index in [9.17, 15) is 14.0 Å². The van der Waals surface area contributed by atoms with Crippen LogP contribution in [0.1, 0.15) is 11.1 Å². The number of nitrogens with one attached hydrogen (secondary N) is 1. The Morgan fingerprint density at radius 3 is 2.19 bits per heavy atom. The Balaban J connectivity index is 1.32. The van der Waals surface area contributed by atoms with Crippen LogP contribution in [0.15, 0.2) is 101 Å². The van der Waals surface area contributed by atoms with Crippen LogP contribution >= 0.6 is 23.4 Å². The minimum absolute atomic E-state index is 0.0775. The van der Waals surface area contributed by atoms with Crippen LogP contribution in [0.2, 0.25) is 5.02 Å². The molecule has 0 aliphatic rings. The third-order valence-electron chi connectivity index (χ3n) is 6.30. The van der Waals surface area contributed by atoms with Gasteiger partial charge in [-0.05, 0) is 46.5 Å². The zero-order valence-electron chi connectivity index (χ0n) is 22.5. The number of benzene rings is 3. The highest BCUT2D eigenvalue weighted by molar-refractivity contribution is 7.98. The summed E-state index contributed by atoms with van der Waals surface area (Å²) >= 11 is 7.26. The molecular weight excluding hydrogens is 577 g/mol. The molecule has 5 aromatic rings. The Kier molecular flexibility index (Phi) is 9.25. The van der Waals surface area contributed by atoms with Gasteiger partial charge in [0.15, 0.2) is 5.16 Å². The third kappa shape index (κ3) is 7.39. The Labute approximate surface area is 250 Å². The molecule has 42 heavy (non-hydrogen) atoms. The topological polar surface area (TPSA) is 99.0 Å². The van der Waals surface area contributed by atoms with Crippen molar-refractivity contribution in [2.45, 2.75) is 24.0 Å². The van der Waals surface area contributed by atoms with E-state index in [0.29, 0.717) is 28.0 Å². The van der Waals surface area contributed by atoms with E-state index >= 15 is 0 Å². The SMILES string of the molecule is COc1ncc(-c2cn(CC(=O)NCc3ccc(-c4ccc(Cl)cc4)cc3)c(SCc3ccc(F)cc3)nc2=O)cn1. The maximum atomic E-state index is 13.3. The van der Waals surface area contributed by atoms with E-state index < -0.39 is 5.56 Å². The predicted molar refractivity (Wildman–Crippen MR) is 161 cm³/mol. The van der Waals surface area contributed by atoms with E-state index in [-0.39, 0.29) is 29.8 Å². The fourth-order valence-corrected chi connectivity index (χ4v) is 5.11. The van der Waals surface area contributed by atoms with Gasteiger partial charge in [0.05, 0.1) is 12.7 Å². The van der Waals surface area contributed by atoms with Gasteiger partial charge < -0.3 is 14.6 Å². The van der Waals surface area contributed by atoms with Gasteiger partial charge in [-0.2, -0.15) is 4.98 Å². The first-order valence-electron chi connectivity index (χ1n) is 12.8. The Morgan fingerprint density at radius 2 is 1.55 bits per heavy atom. The van der Waals surface area contributed by atoms with Gasteiger partial charge in [-0.15, -0.1) is 0 Å². The Hall–Kier alpha value is -4.54. The largest absolute Gasteiger partial charge is 0.467 e. The van der Waals surface area contributed by atoms with Gasteiger partial charge in [-0.3, -0.25) is 9.59 Å². The highest BCUT2D eigenvalue weighted by Crippen LogP contribution is 2.24. The molecule has 0 bridgehead atoms. The molecule has 2 heterocycles. The van der Waals surface area contributed by atoms with E-state index in [0.717, 1.165) is 22.3 Å². The number of ether oxygens (including phenoxy) is 1. The van der Waals surface area contributed by atoms with Crippen molar-refractivity contribution in [2.24, 2.45) is 0 Å². The average molecular weight is 602 g/mol. The number of aromatic nitrogens is 4. The molecule has 5 rings (SSSR count). The summed E-state index contributed by atoms with van der Waals surface area (Å²) < 4.78 is 20.0. The normalized spacial score (nSPS) is 10.8. The zero-order chi connectivity index (χ0) is 29.5. The summed E-state index contributed by atoms with van der Waals surface area (Å²) in [7, 11) is 1.45. The lowest BCUT2D eigenvalue weighted by Gasteiger charge is -2.14. The number of nitrogens with zero attached hydrogens (tertiary/aromatic N) is 4. The summed E-state index contributed by atoms with van der Waals surface area (Å²) in [6, 6.07) is 21.7. The molecule has 3 aromatic carbocycles. The van der Waals surface area contributed by atoms with Crippen LogP contribution in [0.3, 0.4) is 0 Å². The molecule has 11 heteroatoms. The standard InChI is InChI=1S/C31H25ClFN5O3S/c1-41-30-35-15-24(16-36-30)27-17-38(31(37-29(27)40)42-19-21-4-12-26(33)13-5-21)18-28(39)34-14-20-2-6-22(7-3-20)23-8-10-25(32)11-9-23/h2-13,15-17H,14,18-19H2,1H3,(H,34,39). The molecule has 0 atom stereocenters. The van der Waals surface area contributed by atoms with Crippen LogP contribution in [0.4, 0.5) is 4.39 Å². The van der Waals surface area contributed by atoms with Gasteiger partial charge in [0.1, 0.15) is 12.4 Å². The first-order chi connectivity index (χ1) is 20.4. The summed E-state index contributed by atoms with van der Waals surface area (Å²) in [6.45, 7) is 0.247. The molecule has 212 valence electrons. The molecule has 1 N–H and O–H groups in total. The number of hydrogen-bond acceptors (Lipinski definition) is 7. The number of carbonyl (C=O) groups is 1. The summed E-state index contributed by atoms with van der Waals surface area (Å²) in [5.41, 5.74) is 4.07. The van der Waals surface area contributed by atoms with Gasteiger partial charge in [-0.25, -0.2) is 14.4 Å². The highest BCUT2D eigenvalue weighted by atomic mass is 35.5. The molecule has 2 aromatic heterocycles. The van der Waals surface area contributed by atoms with Gasteiger partial charge >= 0.3 is 6.01 Å². The molecule has 1 amide bonds. The fourth-order valence-electron chi connectivity index (χ4n) is 4.06. The number of hydrogen-bond donors (Lipinski definition) is 1. The zero-order valence-corrected chi connectivity index (χ0v) is 24.0. The predicted octanol–water partition coefficient (Wildman–Crippen LogP) is 5.78. The minimum Gasteiger partial charge on any atom is -0.467 e. The van der Waals surface area contributed by atoms with Gasteiger partial charge in [0, 0.05) is 41.5 Å². The van der Waals surface area contributed by atoms with Crippen molar-refractivity contribution >= 4 is 29.3 Å². The van der Waals surface area contributed by atoms with Crippen LogP contribution < -0.4 is 15.6 Å². The third-order valence-corrected chi connectivity index (χ3v) is 7.61. The average Bonchev–Trinajstić information content (AvgIpc) is 3.01. The minimum atomic E-state index is -0.484. The van der Waals surface area contributed by atoms with Crippen molar-refractivity contribution in [1.82, 2.24) is 24.8 Å². The second-order valence-corrected chi connectivity index (χ2v) is 10.6. The monoisotopic (exact) mass is 601 g/mol. The van der Waals surface area contributed by atoms with E-state index in [1.807, 2.05) is 48.5 Å². The smallest absolute Gasteiger partial charge is 0.316 e. The van der Waals surface area contributed by atoms with Crippen molar-refractivity contribution < 1.29 is 13.9 Å². The van der Waals surface area contributed by atoms with Crippen molar-refractivity contribution in [2.75, 3.05) is 7.11 Å². The maximum absolute atomic E-state index is 13.3. The van der Waals surface area contributed by atoms with E-state index in [2.05, 4.69) is 20.3 Å². The fraction of sp³-hybridized carbons (Fsp3) is 0.129. The summed E-state index contributed by atoms with van der Waals surface area (Å²) in [5.74, 6) is -0.164. The molecule has 0 aliphatic carbocycles. The molecule has 0 saturated carbocycles.